The number of thiazole rings is 1. The van der Waals surface area contributed by atoms with Crippen molar-refractivity contribution in [3.63, 3.8) is 0 Å². The van der Waals surface area contributed by atoms with Crippen LogP contribution in [0.5, 0.6) is 0 Å². The summed E-state index contributed by atoms with van der Waals surface area (Å²) in [5.74, 6) is 0.0192. The molecule has 2 aliphatic rings. The number of anilines is 1. The number of aromatic nitrogens is 1. The Hall–Kier alpha value is -1.92. The summed E-state index contributed by atoms with van der Waals surface area (Å²) in [4.78, 5) is 19.6. The summed E-state index contributed by atoms with van der Waals surface area (Å²) in [5, 5.41) is 7.39. The molecule has 4 rings (SSSR count). The molecule has 2 aromatic rings. The first kappa shape index (κ1) is 16.5. The maximum Gasteiger partial charge on any atom is 0.263 e. The molecule has 0 unspecified atom stereocenters. The number of rotatable bonds is 6. The van der Waals surface area contributed by atoms with Crippen LogP contribution in [-0.4, -0.2) is 41.0 Å². The third-order valence-corrected chi connectivity index (χ3v) is 5.73. The van der Waals surface area contributed by atoms with Crippen molar-refractivity contribution in [2.75, 3.05) is 18.4 Å². The Morgan fingerprint density at radius 1 is 1.12 bits per heavy atom. The van der Waals surface area contributed by atoms with Gasteiger partial charge in [0.05, 0.1) is 6.20 Å². The number of likely N-dealkylation sites (tertiary alicyclic amines) is 1. The van der Waals surface area contributed by atoms with E-state index in [1.165, 1.54) is 16.9 Å². The van der Waals surface area contributed by atoms with E-state index in [-0.39, 0.29) is 5.91 Å². The fourth-order valence-corrected chi connectivity index (χ4v) is 3.98. The van der Waals surface area contributed by atoms with Crippen LogP contribution in [0.15, 0.2) is 36.5 Å². The number of piperidine rings is 1. The molecule has 1 aromatic heterocycles. The molecule has 2 fully saturated rings. The monoisotopic (exact) mass is 356 g/mol. The van der Waals surface area contributed by atoms with E-state index < -0.39 is 0 Å². The van der Waals surface area contributed by atoms with E-state index in [9.17, 15) is 4.79 Å². The van der Waals surface area contributed by atoms with E-state index in [0.717, 1.165) is 50.4 Å². The quantitative estimate of drug-likeness (QED) is 0.835. The summed E-state index contributed by atoms with van der Waals surface area (Å²) >= 11 is 1.46. The van der Waals surface area contributed by atoms with Gasteiger partial charge < -0.3 is 10.6 Å². The van der Waals surface area contributed by atoms with Gasteiger partial charge in [0.2, 0.25) is 0 Å². The summed E-state index contributed by atoms with van der Waals surface area (Å²) in [6, 6.07) is 11.5. The van der Waals surface area contributed by atoms with E-state index in [4.69, 9.17) is 0 Å². The highest BCUT2D eigenvalue weighted by molar-refractivity contribution is 7.17. The molecule has 0 atom stereocenters. The van der Waals surface area contributed by atoms with Crippen molar-refractivity contribution < 1.29 is 4.79 Å². The second-order valence-electron chi connectivity index (χ2n) is 6.96. The fourth-order valence-electron chi connectivity index (χ4n) is 3.18. The van der Waals surface area contributed by atoms with Gasteiger partial charge in [-0.3, -0.25) is 9.69 Å². The standard InChI is InChI=1S/C19H24N4OS/c24-18(21-15-6-7-15)17-12-20-19(25-17)22-16-8-10-23(11-9-16)13-14-4-2-1-3-5-14/h1-5,12,15-16H,6-11,13H2,(H,20,22)(H,21,24). The molecule has 1 aromatic carbocycles. The Kier molecular flexibility index (Phi) is 4.99. The zero-order valence-corrected chi connectivity index (χ0v) is 15.1. The van der Waals surface area contributed by atoms with Gasteiger partial charge in [0, 0.05) is 31.7 Å². The van der Waals surface area contributed by atoms with Gasteiger partial charge in [0.15, 0.2) is 5.13 Å². The minimum atomic E-state index is 0.0192. The van der Waals surface area contributed by atoms with Crippen LogP contribution in [0.2, 0.25) is 0 Å². The SMILES string of the molecule is O=C(NC1CC1)c1cnc(NC2CCN(Cc3ccccc3)CC2)s1. The molecule has 1 aliphatic heterocycles. The van der Waals surface area contributed by atoms with Gasteiger partial charge in [-0.15, -0.1) is 0 Å². The van der Waals surface area contributed by atoms with Crippen molar-refractivity contribution in [3.8, 4) is 0 Å². The number of amides is 1. The Morgan fingerprint density at radius 3 is 2.60 bits per heavy atom. The highest BCUT2D eigenvalue weighted by Crippen LogP contribution is 2.24. The van der Waals surface area contributed by atoms with E-state index in [1.807, 2.05) is 0 Å². The van der Waals surface area contributed by atoms with Crippen LogP contribution < -0.4 is 10.6 Å². The predicted molar refractivity (Wildman–Crippen MR) is 101 cm³/mol. The molecule has 5 nitrogen and oxygen atoms in total. The number of nitrogens with one attached hydrogen (secondary N) is 2. The molecular weight excluding hydrogens is 332 g/mol. The van der Waals surface area contributed by atoms with E-state index in [2.05, 4.69) is 50.8 Å². The van der Waals surface area contributed by atoms with Crippen molar-refractivity contribution in [2.24, 2.45) is 0 Å². The molecule has 2 heterocycles. The van der Waals surface area contributed by atoms with Gasteiger partial charge in [-0.25, -0.2) is 4.98 Å². The van der Waals surface area contributed by atoms with Gasteiger partial charge in [0.25, 0.3) is 5.91 Å². The van der Waals surface area contributed by atoms with Crippen molar-refractivity contribution in [1.82, 2.24) is 15.2 Å². The van der Waals surface area contributed by atoms with E-state index in [0.29, 0.717) is 17.0 Å². The summed E-state index contributed by atoms with van der Waals surface area (Å²) in [6.07, 6.45) is 6.12. The molecule has 0 bridgehead atoms. The third kappa shape index (κ3) is 4.58. The van der Waals surface area contributed by atoms with Gasteiger partial charge in [-0.2, -0.15) is 0 Å². The summed E-state index contributed by atoms with van der Waals surface area (Å²) < 4.78 is 0. The molecule has 132 valence electrons. The second-order valence-corrected chi connectivity index (χ2v) is 7.99. The Morgan fingerprint density at radius 2 is 1.88 bits per heavy atom. The van der Waals surface area contributed by atoms with Gasteiger partial charge in [0.1, 0.15) is 4.88 Å². The maximum absolute atomic E-state index is 12.0. The third-order valence-electron chi connectivity index (χ3n) is 4.81. The highest BCUT2D eigenvalue weighted by Gasteiger charge is 2.25. The maximum atomic E-state index is 12.0. The molecule has 1 saturated carbocycles. The lowest BCUT2D eigenvalue weighted by atomic mass is 10.0. The topological polar surface area (TPSA) is 57.3 Å². The van der Waals surface area contributed by atoms with Crippen LogP contribution in [0, 0.1) is 0 Å². The number of carbonyl (C=O) groups is 1. The largest absolute Gasteiger partial charge is 0.359 e. The normalized spacial score (nSPS) is 18.9. The summed E-state index contributed by atoms with van der Waals surface area (Å²) in [7, 11) is 0. The minimum Gasteiger partial charge on any atom is -0.359 e. The Labute approximate surface area is 152 Å². The van der Waals surface area contributed by atoms with Crippen LogP contribution in [0.25, 0.3) is 0 Å². The fraction of sp³-hybridized carbons (Fsp3) is 0.474. The van der Waals surface area contributed by atoms with Crippen LogP contribution >= 0.6 is 11.3 Å². The molecule has 0 radical (unpaired) electrons. The number of hydrogen-bond donors (Lipinski definition) is 2. The predicted octanol–water partition coefficient (Wildman–Crippen LogP) is 3.11. The number of carbonyl (C=O) groups excluding carboxylic acids is 1. The van der Waals surface area contributed by atoms with Crippen LogP contribution in [0.3, 0.4) is 0 Å². The minimum absolute atomic E-state index is 0.0192. The van der Waals surface area contributed by atoms with Crippen LogP contribution in [-0.2, 0) is 6.54 Å². The molecule has 1 amide bonds. The Balaban J connectivity index is 1.24. The molecular formula is C19H24N4OS. The molecule has 0 spiro atoms. The van der Waals surface area contributed by atoms with Crippen molar-refractivity contribution in [3.05, 3.63) is 47.0 Å². The van der Waals surface area contributed by atoms with Crippen molar-refractivity contribution >= 4 is 22.4 Å². The average Bonchev–Trinajstić information content (AvgIpc) is 3.32. The summed E-state index contributed by atoms with van der Waals surface area (Å²) in [5.41, 5.74) is 1.38. The lowest BCUT2D eigenvalue weighted by Crippen LogP contribution is -2.38. The smallest absolute Gasteiger partial charge is 0.263 e. The first-order chi connectivity index (χ1) is 12.3. The highest BCUT2D eigenvalue weighted by atomic mass is 32.1. The first-order valence-corrected chi connectivity index (χ1v) is 9.87. The van der Waals surface area contributed by atoms with Crippen LogP contribution in [0.4, 0.5) is 5.13 Å². The van der Waals surface area contributed by atoms with Crippen molar-refractivity contribution in [2.45, 2.75) is 44.3 Å². The molecule has 1 saturated heterocycles. The zero-order valence-electron chi connectivity index (χ0n) is 14.3. The van der Waals surface area contributed by atoms with Gasteiger partial charge in [-0.1, -0.05) is 41.7 Å². The number of hydrogen-bond acceptors (Lipinski definition) is 5. The van der Waals surface area contributed by atoms with Crippen LogP contribution in [0.1, 0.15) is 40.9 Å². The number of benzene rings is 1. The number of nitrogens with zero attached hydrogens (tertiary/aromatic N) is 2. The lowest BCUT2D eigenvalue weighted by Gasteiger charge is -2.32. The van der Waals surface area contributed by atoms with Gasteiger partial charge >= 0.3 is 0 Å². The second kappa shape index (κ2) is 7.54. The zero-order chi connectivity index (χ0) is 17.1. The lowest BCUT2D eigenvalue weighted by molar-refractivity contribution is 0.0955. The molecule has 25 heavy (non-hydrogen) atoms. The molecule has 1 aliphatic carbocycles. The van der Waals surface area contributed by atoms with Gasteiger partial charge in [-0.05, 0) is 31.2 Å². The Bertz CT molecular complexity index is 705. The first-order valence-electron chi connectivity index (χ1n) is 9.06. The van der Waals surface area contributed by atoms with E-state index in [1.54, 1.807) is 6.20 Å². The van der Waals surface area contributed by atoms with Crippen molar-refractivity contribution in [1.29, 1.82) is 0 Å². The summed E-state index contributed by atoms with van der Waals surface area (Å²) in [6.45, 7) is 3.20. The van der Waals surface area contributed by atoms with E-state index >= 15 is 0 Å². The molecule has 2 N–H and O–H groups in total. The molecule has 6 heteroatoms. The average molecular weight is 356 g/mol.